The molecular formula is C18H17NO5S. The number of nitrogens with zero attached hydrogens (tertiary/aromatic N) is 1. The number of rotatable bonds is 5. The van der Waals surface area contributed by atoms with Crippen molar-refractivity contribution < 1.29 is 18.1 Å². The molecule has 0 bridgehead atoms. The third kappa shape index (κ3) is 3.28. The summed E-state index contributed by atoms with van der Waals surface area (Å²) in [6.07, 6.45) is 1.56. The van der Waals surface area contributed by atoms with Gasteiger partial charge in [0.1, 0.15) is 0 Å². The van der Waals surface area contributed by atoms with Crippen molar-refractivity contribution in [3.63, 3.8) is 0 Å². The third-order valence-electron chi connectivity index (χ3n) is 3.64. The Bertz CT molecular complexity index is 1010. The van der Waals surface area contributed by atoms with E-state index in [2.05, 4.69) is 4.98 Å². The highest BCUT2D eigenvalue weighted by atomic mass is 32.2. The molecular weight excluding hydrogens is 342 g/mol. The first kappa shape index (κ1) is 17.2. The van der Waals surface area contributed by atoms with Crippen LogP contribution in [0.1, 0.15) is 6.92 Å². The SMILES string of the molecule is CCOc1cc2c(=O)oc(-c3ccccc3S(C)=O)nc2cc1OC. The van der Waals surface area contributed by atoms with E-state index in [-0.39, 0.29) is 5.89 Å². The van der Waals surface area contributed by atoms with Gasteiger partial charge in [0.2, 0.25) is 5.89 Å². The van der Waals surface area contributed by atoms with Crippen molar-refractivity contribution in [3.8, 4) is 23.0 Å². The molecule has 1 atom stereocenters. The van der Waals surface area contributed by atoms with Gasteiger partial charge in [0.25, 0.3) is 0 Å². The second-order valence-corrected chi connectivity index (χ2v) is 6.56. The molecule has 0 aliphatic heterocycles. The van der Waals surface area contributed by atoms with Crippen molar-refractivity contribution in [1.29, 1.82) is 0 Å². The maximum Gasteiger partial charge on any atom is 0.347 e. The molecule has 1 aromatic heterocycles. The average molecular weight is 359 g/mol. The van der Waals surface area contributed by atoms with Crippen LogP contribution in [0.15, 0.2) is 50.5 Å². The molecule has 7 heteroatoms. The van der Waals surface area contributed by atoms with Gasteiger partial charge in [0.15, 0.2) is 11.5 Å². The molecule has 0 saturated heterocycles. The lowest BCUT2D eigenvalue weighted by atomic mass is 10.2. The monoisotopic (exact) mass is 359 g/mol. The highest BCUT2D eigenvalue weighted by molar-refractivity contribution is 7.84. The van der Waals surface area contributed by atoms with Crippen molar-refractivity contribution in [2.45, 2.75) is 11.8 Å². The minimum Gasteiger partial charge on any atom is -0.493 e. The van der Waals surface area contributed by atoms with E-state index in [1.807, 2.05) is 6.92 Å². The van der Waals surface area contributed by atoms with Gasteiger partial charge in [-0.1, -0.05) is 12.1 Å². The highest BCUT2D eigenvalue weighted by Crippen LogP contribution is 2.32. The second kappa shape index (κ2) is 7.06. The highest BCUT2D eigenvalue weighted by Gasteiger charge is 2.16. The molecule has 0 amide bonds. The molecule has 6 nitrogen and oxygen atoms in total. The number of aromatic nitrogens is 1. The molecule has 0 N–H and O–H groups in total. The number of hydrogen-bond acceptors (Lipinski definition) is 6. The molecule has 2 aromatic carbocycles. The number of ether oxygens (including phenoxy) is 2. The fraction of sp³-hybridized carbons (Fsp3) is 0.222. The summed E-state index contributed by atoms with van der Waals surface area (Å²) < 4.78 is 28.1. The summed E-state index contributed by atoms with van der Waals surface area (Å²) in [7, 11) is 0.279. The molecule has 25 heavy (non-hydrogen) atoms. The van der Waals surface area contributed by atoms with Gasteiger partial charge in [-0.3, -0.25) is 4.21 Å². The van der Waals surface area contributed by atoms with Crippen molar-refractivity contribution >= 4 is 21.7 Å². The predicted molar refractivity (Wildman–Crippen MR) is 95.8 cm³/mol. The zero-order valence-corrected chi connectivity index (χ0v) is 14.9. The lowest BCUT2D eigenvalue weighted by Gasteiger charge is -2.11. The second-order valence-electron chi connectivity index (χ2n) is 5.21. The Morgan fingerprint density at radius 3 is 2.64 bits per heavy atom. The third-order valence-corrected chi connectivity index (χ3v) is 4.62. The Morgan fingerprint density at radius 1 is 1.20 bits per heavy atom. The van der Waals surface area contributed by atoms with E-state index < -0.39 is 16.4 Å². The zero-order valence-electron chi connectivity index (χ0n) is 14.1. The first-order chi connectivity index (χ1) is 12.0. The van der Waals surface area contributed by atoms with Crippen LogP contribution >= 0.6 is 0 Å². The minimum atomic E-state index is -1.24. The molecule has 3 aromatic rings. The van der Waals surface area contributed by atoms with E-state index >= 15 is 0 Å². The Kier molecular flexibility index (Phi) is 4.85. The lowest BCUT2D eigenvalue weighted by molar-refractivity contribution is 0.311. The van der Waals surface area contributed by atoms with Crippen molar-refractivity contribution in [1.82, 2.24) is 4.98 Å². The van der Waals surface area contributed by atoms with Gasteiger partial charge in [-0.15, -0.1) is 0 Å². The zero-order chi connectivity index (χ0) is 18.0. The molecule has 1 unspecified atom stereocenters. The Labute approximate surface area is 146 Å². The number of fused-ring (bicyclic) bond motifs is 1. The van der Waals surface area contributed by atoms with Gasteiger partial charge in [0.05, 0.1) is 45.9 Å². The fourth-order valence-electron chi connectivity index (χ4n) is 2.52. The van der Waals surface area contributed by atoms with E-state index in [4.69, 9.17) is 13.9 Å². The van der Waals surface area contributed by atoms with Crippen LogP contribution in [0.4, 0.5) is 0 Å². The Morgan fingerprint density at radius 2 is 1.96 bits per heavy atom. The van der Waals surface area contributed by atoms with Crippen LogP contribution in [-0.2, 0) is 10.8 Å². The first-order valence-corrected chi connectivity index (χ1v) is 9.19. The van der Waals surface area contributed by atoms with Gasteiger partial charge in [-0.05, 0) is 19.1 Å². The van der Waals surface area contributed by atoms with E-state index in [0.717, 1.165) is 0 Å². The maximum atomic E-state index is 12.4. The summed E-state index contributed by atoms with van der Waals surface area (Å²) in [6, 6.07) is 10.2. The predicted octanol–water partition coefficient (Wildman–Crippen LogP) is 3.00. The average Bonchev–Trinajstić information content (AvgIpc) is 2.61. The standard InChI is InChI=1S/C18H17NO5S/c1-4-23-15-9-12-13(10-14(15)22-2)19-17(24-18(12)20)11-7-5-6-8-16(11)25(3)21/h5-10H,4H2,1-3H3. The van der Waals surface area contributed by atoms with Crippen LogP contribution in [-0.4, -0.2) is 29.2 Å². The van der Waals surface area contributed by atoms with Gasteiger partial charge in [-0.2, -0.15) is 0 Å². The van der Waals surface area contributed by atoms with E-state index in [1.165, 1.54) is 7.11 Å². The van der Waals surface area contributed by atoms with Gasteiger partial charge in [0, 0.05) is 18.4 Å². The summed E-state index contributed by atoms with van der Waals surface area (Å²) in [5.41, 5.74) is 0.402. The molecule has 0 spiro atoms. The van der Waals surface area contributed by atoms with Gasteiger partial charge in [-0.25, -0.2) is 9.78 Å². The van der Waals surface area contributed by atoms with Crippen molar-refractivity contribution in [3.05, 3.63) is 46.8 Å². The summed E-state index contributed by atoms with van der Waals surface area (Å²) in [6.45, 7) is 2.28. The minimum absolute atomic E-state index is 0.120. The van der Waals surface area contributed by atoms with Crippen LogP contribution < -0.4 is 15.1 Å². The van der Waals surface area contributed by atoms with E-state index in [0.29, 0.717) is 39.5 Å². The van der Waals surface area contributed by atoms with E-state index in [9.17, 15) is 9.00 Å². The van der Waals surface area contributed by atoms with Crippen LogP contribution in [0, 0.1) is 0 Å². The molecule has 0 radical (unpaired) electrons. The number of benzene rings is 2. The quantitative estimate of drug-likeness (QED) is 0.697. The van der Waals surface area contributed by atoms with Crippen LogP contribution in [0.3, 0.4) is 0 Å². The van der Waals surface area contributed by atoms with Gasteiger partial charge < -0.3 is 13.9 Å². The lowest BCUT2D eigenvalue weighted by Crippen LogP contribution is -2.06. The topological polar surface area (TPSA) is 78.6 Å². The molecule has 0 fully saturated rings. The largest absolute Gasteiger partial charge is 0.493 e. The Balaban J connectivity index is 2.25. The molecule has 1 heterocycles. The number of methoxy groups -OCH3 is 1. The maximum absolute atomic E-state index is 12.4. The summed E-state index contributed by atoms with van der Waals surface area (Å²) >= 11 is 0. The van der Waals surface area contributed by atoms with Crippen LogP contribution in [0.5, 0.6) is 11.5 Å². The number of hydrogen-bond donors (Lipinski definition) is 0. The summed E-state index contributed by atoms with van der Waals surface area (Å²) in [5, 5.41) is 0.295. The molecule has 0 saturated carbocycles. The smallest absolute Gasteiger partial charge is 0.347 e. The molecule has 130 valence electrons. The van der Waals surface area contributed by atoms with Crippen molar-refractivity contribution in [2.75, 3.05) is 20.0 Å². The first-order valence-electron chi connectivity index (χ1n) is 7.63. The van der Waals surface area contributed by atoms with Crippen molar-refractivity contribution in [2.24, 2.45) is 0 Å². The summed E-state index contributed by atoms with van der Waals surface area (Å²) in [5.74, 6) is 1.05. The molecule has 0 aliphatic rings. The molecule has 0 aliphatic carbocycles. The Hall–Kier alpha value is -2.67. The normalized spacial score (nSPS) is 12.1. The van der Waals surface area contributed by atoms with Crippen LogP contribution in [0.2, 0.25) is 0 Å². The van der Waals surface area contributed by atoms with Gasteiger partial charge >= 0.3 is 5.63 Å². The fourth-order valence-corrected chi connectivity index (χ4v) is 3.25. The molecule has 3 rings (SSSR count). The van der Waals surface area contributed by atoms with Crippen LogP contribution in [0.25, 0.3) is 22.4 Å². The summed E-state index contributed by atoms with van der Waals surface area (Å²) in [4.78, 5) is 17.4. The van der Waals surface area contributed by atoms with E-state index in [1.54, 1.807) is 42.7 Å².